The molecule has 4 nitrogen and oxygen atoms in total. The molecule has 1 aromatic carbocycles. The van der Waals surface area contributed by atoms with Crippen molar-refractivity contribution in [2.24, 2.45) is 0 Å². The van der Waals surface area contributed by atoms with Crippen LogP contribution in [0, 0.1) is 13.8 Å². The number of carbonyl (C=O) groups is 1. The van der Waals surface area contributed by atoms with Gasteiger partial charge in [-0.3, -0.25) is 4.79 Å². The van der Waals surface area contributed by atoms with Gasteiger partial charge in [-0.2, -0.15) is 0 Å². The van der Waals surface area contributed by atoms with E-state index in [-0.39, 0.29) is 6.42 Å². The first-order valence-electron chi connectivity index (χ1n) is 5.89. The summed E-state index contributed by atoms with van der Waals surface area (Å²) in [6, 6.07) is 6.17. The van der Waals surface area contributed by atoms with E-state index >= 15 is 0 Å². The molecule has 1 heterocycles. The number of benzene rings is 1. The lowest BCUT2D eigenvalue weighted by atomic mass is 10.0. The summed E-state index contributed by atoms with van der Waals surface area (Å²) in [7, 11) is 0. The summed E-state index contributed by atoms with van der Waals surface area (Å²) >= 11 is 0. The molecule has 4 heteroatoms. The molecule has 2 N–H and O–H groups in total. The number of aryl methyl sites for hydroxylation is 3. The zero-order valence-corrected chi connectivity index (χ0v) is 10.5. The summed E-state index contributed by atoms with van der Waals surface area (Å²) in [5, 5.41) is 8.73. The smallest absolute Gasteiger partial charge is 0.303 e. The minimum atomic E-state index is -0.795. The first kappa shape index (κ1) is 12.4. The van der Waals surface area contributed by atoms with Crippen LogP contribution >= 0.6 is 0 Å². The highest BCUT2D eigenvalue weighted by Crippen LogP contribution is 2.25. The average Bonchev–Trinajstić information content (AvgIpc) is 2.74. The lowest BCUT2D eigenvalue weighted by molar-refractivity contribution is -0.136. The number of carboxylic acid groups (broad SMARTS) is 1. The SMILES string of the molecule is Cc1ccc(-c2nc[nH]c2CCC(=O)O)c(C)c1. The number of aliphatic carboxylic acids is 1. The number of hydrogen-bond acceptors (Lipinski definition) is 2. The number of aromatic amines is 1. The molecule has 0 radical (unpaired) electrons. The highest BCUT2D eigenvalue weighted by atomic mass is 16.4. The summed E-state index contributed by atoms with van der Waals surface area (Å²) in [5.74, 6) is -0.795. The van der Waals surface area contributed by atoms with Crippen molar-refractivity contribution in [1.29, 1.82) is 0 Å². The van der Waals surface area contributed by atoms with Crippen LogP contribution in [0.2, 0.25) is 0 Å². The van der Waals surface area contributed by atoms with Crippen molar-refractivity contribution < 1.29 is 9.90 Å². The lowest BCUT2D eigenvalue weighted by Crippen LogP contribution is -1.99. The predicted molar refractivity (Wildman–Crippen MR) is 69.5 cm³/mol. The van der Waals surface area contributed by atoms with E-state index in [0.29, 0.717) is 6.42 Å². The molecular weight excluding hydrogens is 228 g/mol. The van der Waals surface area contributed by atoms with Crippen molar-refractivity contribution in [3.8, 4) is 11.3 Å². The summed E-state index contributed by atoms with van der Waals surface area (Å²) < 4.78 is 0. The molecule has 0 fully saturated rings. The van der Waals surface area contributed by atoms with E-state index in [0.717, 1.165) is 22.5 Å². The van der Waals surface area contributed by atoms with Crippen LogP contribution in [0.1, 0.15) is 23.2 Å². The summed E-state index contributed by atoms with van der Waals surface area (Å²) in [5.41, 5.74) is 5.15. The number of rotatable bonds is 4. The van der Waals surface area contributed by atoms with Crippen molar-refractivity contribution >= 4 is 5.97 Å². The van der Waals surface area contributed by atoms with Crippen LogP contribution in [-0.2, 0) is 11.2 Å². The molecule has 94 valence electrons. The van der Waals surface area contributed by atoms with Crippen LogP contribution < -0.4 is 0 Å². The number of nitrogens with one attached hydrogen (secondary N) is 1. The van der Waals surface area contributed by atoms with E-state index in [1.165, 1.54) is 5.56 Å². The van der Waals surface area contributed by atoms with E-state index in [1.54, 1.807) is 6.33 Å². The van der Waals surface area contributed by atoms with Gasteiger partial charge in [0, 0.05) is 17.7 Å². The van der Waals surface area contributed by atoms with Gasteiger partial charge in [-0.25, -0.2) is 4.98 Å². The number of aromatic nitrogens is 2. The molecule has 0 atom stereocenters. The van der Waals surface area contributed by atoms with E-state index < -0.39 is 5.97 Å². The Morgan fingerprint density at radius 1 is 1.39 bits per heavy atom. The number of carboxylic acids is 1. The molecule has 2 rings (SSSR count). The van der Waals surface area contributed by atoms with Gasteiger partial charge in [0.25, 0.3) is 0 Å². The maximum absolute atomic E-state index is 10.6. The molecule has 2 aromatic rings. The standard InChI is InChI=1S/C14H16N2O2/c1-9-3-4-11(10(2)7-9)14-12(15-8-16-14)5-6-13(17)18/h3-4,7-8H,5-6H2,1-2H3,(H,15,16)(H,17,18). The Morgan fingerprint density at radius 2 is 2.17 bits per heavy atom. The molecule has 0 saturated heterocycles. The van der Waals surface area contributed by atoms with Crippen molar-refractivity contribution in [3.63, 3.8) is 0 Å². The summed E-state index contributed by atoms with van der Waals surface area (Å²) in [6.07, 6.45) is 2.20. The highest BCUT2D eigenvalue weighted by Gasteiger charge is 2.11. The summed E-state index contributed by atoms with van der Waals surface area (Å²) in [6.45, 7) is 4.09. The zero-order chi connectivity index (χ0) is 13.1. The molecule has 0 aliphatic carbocycles. The molecular formula is C14H16N2O2. The summed E-state index contributed by atoms with van der Waals surface area (Å²) in [4.78, 5) is 18.0. The number of imidazole rings is 1. The molecule has 18 heavy (non-hydrogen) atoms. The Hall–Kier alpha value is -2.10. The van der Waals surface area contributed by atoms with Crippen LogP contribution in [0.25, 0.3) is 11.3 Å². The molecule has 0 unspecified atom stereocenters. The van der Waals surface area contributed by atoms with Gasteiger partial charge in [0.05, 0.1) is 18.4 Å². The quantitative estimate of drug-likeness (QED) is 0.869. The Kier molecular flexibility index (Phi) is 3.46. The Labute approximate surface area is 106 Å². The molecule has 0 aliphatic rings. The maximum Gasteiger partial charge on any atom is 0.303 e. The van der Waals surface area contributed by atoms with E-state index in [4.69, 9.17) is 5.11 Å². The Morgan fingerprint density at radius 3 is 2.83 bits per heavy atom. The molecule has 0 aliphatic heterocycles. The van der Waals surface area contributed by atoms with Gasteiger partial charge in [-0.1, -0.05) is 23.8 Å². The van der Waals surface area contributed by atoms with Crippen LogP contribution in [0.15, 0.2) is 24.5 Å². The fraction of sp³-hybridized carbons (Fsp3) is 0.286. The highest BCUT2D eigenvalue weighted by molar-refractivity contribution is 5.69. The minimum absolute atomic E-state index is 0.111. The van der Waals surface area contributed by atoms with Gasteiger partial charge < -0.3 is 10.1 Å². The van der Waals surface area contributed by atoms with Crippen LogP contribution in [0.4, 0.5) is 0 Å². The second-order valence-electron chi connectivity index (χ2n) is 4.44. The van der Waals surface area contributed by atoms with E-state index in [2.05, 4.69) is 16.0 Å². The van der Waals surface area contributed by atoms with Gasteiger partial charge in [0.1, 0.15) is 0 Å². The van der Waals surface area contributed by atoms with Crippen LogP contribution in [0.5, 0.6) is 0 Å². The largest absolute Gasteiger partial charge is 0.481 e. The average molecular weight is 244 g/mol. The first-order valence-corrected chi connectivity index (χ1v) is 5.89. The van der Waals surface area contributed by atoms with Gasteiger partial charge in [0.2, 0.25) is 0 Å². The minimum Gasteiger partial charge on any atom is -0.481 e. The van der Waals surface area contributed by atoms with E-state index in [1.807, 2.05) is 26.0 Å². The molecule has 1 aromatic heterocycles. The Balaban J connectivity index is 2.33. The van der Waals surface area contributed by atoms with Gasteiger partial charge in [-0.15, -0.1) is 0 Å². The topological polar surface area (TPSA) is 66.0 Å². The van der Waals surface area contributed by atoms with Crippen molar-refractivity contribution in [2.75, 3.05) is 0 Å². The third-order valence-corrected chi connectivity index (χ3v) is 2.94. The first-order chi connectivity index (χ1) is 8.58. The van der Waals surface area contributed by atoms with Gasteiger partial charge in [0.15, 0.2) is 0 Å². The van der Waals surface area contributed by atoms with Crippen molar-refractivity contribution in [3.05, 3.63) is 41.3 Å². The monoisotopic (exact) mass is 244 g/mol. The number of hydrogen-bond donors (Lipinski definition) is 2. The normalized spacial score (nSPS) is 10.6. The molecule has 0 saturated carbocycles. The second-order valence-corrected chi connectivity index (χ2v) is 4.44. The molecule has 0 amide bonds. The van der Waals surface area contributed by atoms with Gasteiger partial charge >= 0.3 is 5.97 Å². The van der Waals surface area contributed by atoms with Crippen LogP contribution in [-0.4, -0.2) is 21.0 Å². The van der Waals surface area contributed by atoms with Crippen molar-refractivity contribution in [1.82, 2.24) is 9.97 Å². The van der Waals surface area contributed by atoms with Crippen LogP contribution in [0.3, 0.4) is 0 Å². The predicted octanol–water partition coefficient (Wildman–Crippen LogP) is 2.71. The molecule has 0 spiro atoms. The Bertz CT molecular complexity index is 573. The van der Waals surface area contributed by atoms with Crippen molar-refractivity contribution in [2.45, 2.75) is 26.7 Å². The number of nitrogens with zero attached hydrogens (tertiary/aromatic N) is 1. The maximum atomic E-state index is 10.6. The van der Waals surface area contributed by atoms with E-state index in [9.17, 15) is 4.79 Å². The second kappa shape index (κ2) is 5.04. The third-order valence-electron chi connectivity index (χ3n) is 2.94. The lowest BCUT2D eigenvalue weighted by Gasteiger charge is -2.06. The molecule has 0 bridgehead atoms. The van der Waals surface area contributed by atoms with Gasteiger partial charge in [-0.05, 0) is 19.4 Å². The number of H-pyrrole nitrogens is 1. The third kappa shape index (κ3) is 2.59. The fourth-order valence-corrected chi connectivity index (χ4v) is 2.05. The zero-order valence-electron chi connectivity index (χ0n) is 10.5. The fourth-order valence-electron chi connectivity index (χ4n) is 2.05.